The summed E-state index contributed by atoms with van der Waals surface area (Å²) in [6.07, 6.45) is 2.13. The normalized spacial score (nSPS) is 31.8. The standard InChI is InChI=1S/C16H23N5O/c1-11-20-16(21-22-11)14-4-2-12(3-5-14)10-19-15-8-13(9-17)6-7-18-15/h2-5,11,13,15-16,18-21H,6-8,10H2,1H3. The largest absolute Gasteiger partial charge is 0.302 e. The number of hydroxylamine groups is 1. The summed E-state index contributed by atoms with van der Waals surface area (Å²) in [5, 5.41) is 19.2. The Morgan fingerprint density at radius 1 is 1.36 bits per heavy atom. The summed E-state index contributed by atoms with van der Waals surface area (Å²) in [5.74, 6) is 0.169. The Hall–Kier alpha value is -1.49. The maximum Gasteiger partial charge on any atom is 0.128 e. The highest BCUT2D eigenvalue weighted by molar-refractivity contribution is 5.25. The van der Waals surface area contributed by atoms with Crippen LogP contribution in [0.4, 0.5) is 0 Å². The lowest BCUT2D eigenvalue weighted by Gasteiger charge is -2.27. The molecule has 2 fully saturated rings. The number of rotatable bonds is 4. The van der Waals surface area contributed by atoms with Crippen molar-refractivity contribution in [2.75, 3.05) is 6.54 Å². The second-order valence-electron chi connectivity index (χ2n) is 5.96. The molecule has 0 aliphatic carbocycles. The molecular weight excluding hydrogens is 278 g/mol. The molecule has 3 rings (SSSR count). The summed E-state index contributed by atoms with van der Waals surface area (Å²) in [4.78, 5) is 5.29. The van der Waals surface area contributed by atoms with E-state index in [1.807, 2.05) is 6.92 Å². The summed E-state index contributed by atoms with van der Waals surface area (Å²) < 4.78 is 0. The Morgan fingerprint density at radius 2 is 2.18 bits per heavy atom. The van der Waals surface area contributed by atoms with E-state index in [0.717, 1.165) is 31.5 Å². The Labute approximate surface area is 131 Å². The molecular formula is C16H23N5O. The van der Waals surface area contributed by atoms with E-state index in [1.54, 1.807) is 0 Å². The molecule has 4 atom stereocenters. The first kappa shape index (κ1) is 15.4. The molecule has 2 heterocycles. The van der Waals surface area contributed by atoms with Crippen molar-refractivity contribution in [3.63, 3.8) is 0 Å². The minimum absolute atomic E-state index is 0.0248. The Bertz CT molecular complexity index is 526. The number of nitrogens with one attached hydrogen (secondary N) is 4. The van der Waals surface area contributed by atoms with Crippen LogP contribution in [0, 0.1) is 17.2 Å². The topological polar surface area (TPSA) is 81.1 Å². The molecule has 0 amide bonds. The summed E-state index contributed by atoms with van der Waals surface area (Å²) in [6, 6.07) is 10.8. The van der Waals surface area contributed by atoms with E-state index in [-0.39, 0.29) is 24.5 Å². The molecule has 6 nitrogen and oxygen atoms in total. The number of hydrogen-bond acceptors (Lipinski definition) is 6. The van der Waals surface area contributed by atoms with Crippen molar-refractivity contribution in [3.05, 3.63) is 35.4 Å². The molecule has 22 heavy (non-hydrogen) atoms. The average molecular weight is 301 g/mol. The fourth-order valence-corrected chi connectivity index (χ4v) is 2.90. The molecule has 0 spiro atoms. The molecule has 4 N–H and O–H groups in total. The van der Waals surface area contributed by atoms with Crippen molar-refractivity contribution in [2.24, 2.45) is 5.92 Å². The highest BCUT2D eigenvalue weighted by Gasteiger charge is 2.22. The van der Waals surface area contributed by atoms with Crippen molar-refractivity contribution in [3.8, 4) is 6.07 Å². The molecule has 1 aromatic rings. The Morgan fingerprint density at radius 3 is 2.86 bits per heavy atom. The van der Waals surface area contributed by atoms with Gasteiger partial charge in [-0.15, -0.1) is 0 Å². The van der Waals surface area contributed by atoms with E-state index >= 15 is 0 Å². The Kier molecular flexibility index (Phi) is 5.03. The van der Waals surface area contributed by atoms with E-state index < -0.39 is 0 Å². The van der Waals surface area contributed by atoms with Gasteiger partial charge in [0.05, 0.1) is 18.2 Å². The van der Waals surface area contributed by atoms with Crippen LogP contribution >= 0.6 is 0 Å². The maximum absolute atomic E-state index is 9.02. The van der Waals surface area contributed by atoms with Gasteiger partial charge >= 0.3 is 0 Å². The Balaban J connectivity index is 1.50. The average Bonchev–Trinajstić information content (AvgIpc) is 3.00. The summed E-state index contributed by atoms with van der Waals surface area (Å²) >= 11 is 0. The van der Waals surface area contributed by atoms with Gasteiger partial charge in [-0.05, 0) is 37.4 Å². The van der Waals surface area contributed by atoms with E-state index in [2.05, 4.69) is 51.8 Å². The zero-order valence-corrected chi connectivity index (χ0v) is 12.8. The molecule has 2 aliphatic heterocycles. The van der Waals surface area contributed by atoms with Crippen LogP contribution in [-0.4, -0.2) is 18.9 Å². The van der Waals surface area contributed by atoms with Crippen molar-refractivity contribution in [1.29, 1.82) is 5.26 Å². The fraction of sp³-hybridized carbons (Fsp3) is 0.562. The van der Waals surface area contributed by atoms with Crippen LogP contribution < -0.4 is 21.4 Å². The maximum atomic E-state index is 9.02. The van der Waals surface area contributed by atoms with E-state index in [4.69, 9.17) is 10.1 Å². The van der Waals surface area contributed by atoms with Crippen LogP contribution in [-0.2, 0) is 11.4 Å². The van der Waals surface area contributed by atoms with Crippen molar-refractivity contribution in [2.45, 2.75) is 44.9 Å². The van der Waals surface area contributed by atoms with Crippen molar-refractivity contribution < 1.29 is 4.84 Å². The smallest absolute Gasteiger partial charge is 0.128 e. The number of hydrogen-bond donors (Lipinski definition) is 4. The van der Waals surface area contributed by atoms with Crippen LogP contribution in [0.2, 0.25) is 0 Å². The summed E-state index contributed by atoms with van der Waals surface area (Å²) in [6.45, 7) is 3.68. The van der Waals surface area contributed by atoms with Gasteiger partial charge in [-0.3, -0.25) is 15.5 Å². The molecule has 2 saturated heterocycles. The minimum atomic E-state index is 0.0248. The molecule has 0 aromatic heterocycles. The minimum Gasteiger partial charge on any atom is -0.302 e. The molecule has 0 radical (unpaired) electrons. The number of nitrogens with zero attached hydrogens (tertiary/aromatic N) is 1. The van der Waals surface area contributed by atoms with Crippen LogP contribution in [0.3, 0.4) is 0 Å². The van der Waals surface area contributed by atoms with E-state index in [0.29, 0.717) is 0 Å². The third-order valence-corrected chi connectivity index (χ3v) is 4.22. The number of nitriles is 1. The molecule has 0 bridgehead atoms. The van der Waals surface area contributed by atoms with E-state index in [1.165, 1.54) is 5.56 Å². The zero-order chi connectivity index (χ0) is 15.4. The first-order valence-electron chi connectivity index (χ1n) is 7.87. The summed E-state index contributed by atoms with van der Waals surface area (Å²) in [5.41, 5.74) is 5.36. The van der Waals surface area contributed by atoms with Gasteiger partial charge in [-0.1, -0.05) is 24.3 Å². The van der Waals surface area contributed by atoms with Gasteiger partial charge in [-0.25, -0.2) is 0 Å². The van der Waals surface area contributed by atoms with Crippen LogP contribution in [0.25, 0.3) is 0 Å². The first-order chi connectivity index (χ1) is 10.7. The van der Waals surface area contributed by atoms with Gasteiger partial charge in [0.1, 0.15) is 12.4 Å². The molecule has 4 unspecified atom stereocenters. The highest BCUT2D eigenvalue weighted by Crippen LogP contribution is 2.17. The molecule has 2 aliphatic rings. The van der Waals surface area contributed by atoms with Gasteiger partial charge < -0.3 is 5.32 Å². The van der Waals surface area contributed by atoms with Crippen molar-refractivity contribution in [1.82, 2.24) is 21.4 Å². The van der Waals surface area contributed by atoms with E-state index in [9.17, 15) is 0 Å². The third kappa shape index (κ3) is 3.83. The zero-order valence-electron chi connectivity index (χ0n) is 12.8. The SMILES string of the molecule is CC1NC(c2ccc(CNC3CC(C#N)CCN3)cc2)NO1. The summed E-state index contributed by atoms with van der Waals surface area (Å²) in [7, 11) is 0. The second kappa shape index (κ2) is 7.18. The van der Waals surface area contributed by atoms with Gasteiger partial charge in [0.2, 0.25) is 0 Å². The quantitative estimate of drug-likeness (QED) is 0.667. The third-order valence-electron chi connectivity index (χ3n) is 4.22. The van der Waals surface area contributed by atoms with Gasteiger partial charge in [-0.2, -0.15) is 10.7 Å². The van der Waals surface area contributed by atoms with Gasteiger partial charge in [0.15, 0.2) is 0 Å². The van der Waals surface area contributed by atoms with Crippen LogP contribution in [0.5, 0.6) is 0 Å². The molecule has 118 valence electrons. The molecule has 6 heteroatoms. The van der Waals surface area contributed by atoms with Crippen molar-refractivity contribution >= 4 is 0 Å². The fourth-order valence-electron chi connectivity index (χ4n) is 2.90. The lowest BCUT2D eigenvalue weighted by atomic mass is 9.97. The van der Waals surface area contributed by atoms with Crippen LogP contribution in [0.1, 0.15) is 37.1 Å². The predicted molar refractivity (Wildman–Crippen MR) is 83.0 cm³/mol. The molecule has 1 aromatic carbocycles. The lowest BCUT2D eigenvalue weighted by Crippen LogP contribution is -2.47. The molecule has 0 saturated carbocycles. The number of piperidine rings is 1. The van der Waals surface area contributed by atoms with Gasteiger partial charge in [0.25, 0.3) is 0 Å². The lowest BCUT2D eigenvalue weighted by molar-refractivity contribution is 0.0329. The predicted octanol–water partition coefficient (Wildman–Crippen LogP) is 1.09. The second-order valence-corrected chi connectivity index (χ2v) is 5.96. The highest BCUT2D eigenvalue weighted by atomic mass is 16.7. The number of benzene rings is 1. The first-order valence-corrected chi connectivity index (χ1v) is 7.87. The van der Waals surface area contributed by atoms with Crippen LogP contribution in [0.15, 0.2) is 24.3 Å². The monoisotopic (exact) mass is 301 g/mol. The van der Waals surface area contributed by atoms with Gasteiger partial charge in [0, 0.05) is 6.54 Å².